The highest BCUT2D eigenvalue weighted by Crippen LogP contribution is 2.22. The summed E-state index contributed by atoms with van der Waals surface area (Å²) in [6.45, 7) is 2.24. The third-order valence-electron chi connectivity index (χ3n) is 4.42. The number of benzene rings is 2. The molecule has 0 aromatic heterocycles. The van der Waals surface area contributed by atoms with E-state index in [4.69, 9.17) is 8.92 Å². The second-order valence-corrected chi connectivity index (χ2v) is 8.34. The van der Waals surface area contributed by atoms with E-state index in [0.717, 1.165) is 19.3 Å². The van der Waals surface area contributed by atoms with E-state index in [1.807, 2.05) is 36.4 Å². The van der Waals surface area contributed by atoms with Crippen molar-refractivity contribution >= 4 is 10.1 Å². The Kier molecular flexibility index (Phi) is 7.08. The second-order valence-electron chi connectivity index (χ2n) is 6.70. The van der Waals surface area contributed by atoms with Gasteiger partial charge in [-0.2, -0.15) is 8.42 Å². The molecule has 1 heterocycles. The van der Waals surface area contributed by atoms with Gasteiger partial charge in [-0.25, -0.2) is 0 Å². The minimum absolute atomic E-state index is 0.0242. The van der Waals surface area contributed by atoms with Crippen LogP contribution in [-0.4, -0.2) is 50.5 Å². The maximum Gasteiger partial charge on any atom is 0.264 e. The van der Waals surface area contributed by atoms with Crippen LogP contribution in [0.25, 0.3) is 0 Å². The fraction of sp³-hybridized carbons (Fsp3) is 0.333. The van der Waals surface area contributed by atoms with E-state index in [1.165, 1.54) is 11.1 Å². The Bertz CT molecular complexity index is 805. The molecule has 0 atom stereocenters. The molecular weight excluding hydrogens is 376 g/mol. The molecule has 6 nitrogen and oxygen atoms in total. The Morgan fingerprint density at radius 1 is 0.821 bits per heavy atom. The molecule has 2 aromatic carbocycles. The molecule has 1 aliphatic heterocycles. The van der Waals surface area contributed by atoms with Gasteiger partial charge < -0.3 is 14.5 Å². The summed E-state index contributed by atoms with van der Waals surface area (Å²) in [4.78, 5) is 4.46. The van der Waals surface area contributed by atoms with Crippen molar-refractivity contribution in [3.05, 3.63) is 84.2 Å². The van der Waals surface area contributed by atoms with E-state index >= 15 is 0 Å². The van der Waals surface area contributed by atoms with Crippen molar-refractivity contribution in [1.82, 2.24) is 9.80 Å². The molecule has 0 bridgehead atoms. The monoisotopic (exact) mass is 402 g/mol. The number of ether oxygens (including phenoxy) is 1. The minimum atomic E-state index is -3.44. The molecule has 28 heavy (non-hydrogen) atoms. The molecule has 0 aliphatic carbocycles. The molecule has 1 aliphatic rings. The smallest absolute Gasteiger partial charge is 0.264 e. The van der Waals surface area contributed by atoms with E-state index in [0.29, 0.717) is 6.61 Å². The minimum Gasteiger partial charge on any atom is -0.375 e. The van der Waals surface area contributed by atoms with Crippen LogP contribution in [0.4, 0.5) is 0 Å². The first-order chi connectivity index (χ1) is 13.5. The van der Waals surface area contributed by atoms with Gasteiger partial charge in [0.25, 0.3) is 10.1 Å². The maximum absolute atomic E-state index is 11.1. The molecular formula is C21H26N2O4S. The first-order valence-electron chi connectivity index (χ1n) is 9.21. The Hall–Kier alpha value is -2.35. The quantitative estimate of drug-likeness (QED) is 0.450. The van der Waals surface area contributed by atoms with Gasteiger partial charge in [0.2, 0.25) is 0 Å². The van der Waals surface area contributed by atoms with Gasteiger partial charge in [-0.1, -0.05) is 60.7 Å². The zero-order valence-corrected chi connectivity index (χ0v) is 16.8. The van der Waals surface area contributed by atoms with Crippen LogP contribution in [0.15, 0.2) is 73.1 Å². The van der Waals surface area contributed by atoms with Gasteiger partial charge in [0, 0.05) is 25.5 Å². The largest absolute Gasteiger partial charge is 0.375 e. The molecule has 3 rings (SSSR count). The summed E-state index contributed by atoms with van der Waals surface area (Å²) in [5, 5.41) is 0. The molecule has 0 radical (unpaired) electrons. The van der Waals surface area contributed by atoms with Gasteiger partial charge in [-0.05, 0) is 11.1 Å². The fourth-order valence-corrected chi connectivity index (χ4v) is 3.46. The Morgan fingerprint density at radius 3 is 1.79 bits per heavy atom. The van der Waals surface area contributed by atoms with E-state index in [1.54, 1.807) is 0 Å². The van der Waals surface area contributed by atoms with Crippen molar-refractivity contribution in [2.45, 2.75) is 19.3 Å². The van der Waals surface area contributed by atoms with Crippen molar-refractivity contribution in [2.24, 2.45) is 0 Å². The van der Waals surface area contributed by atoms with Gasteiger partial charge in [-0.15, -0.1) is 0 Å². The number of hydrogen-bond donors (Lipinski definition) is 0. The van der Waals surface area contributed by atoms with Crippen LogP contribution in [0.1, 0.15) is 11.1 Å². The first kappa shape index (κ1) is 20.4. The molecule has 0 unspecified atom stereocenters. The summed E-state index contributed by atoms with van der Waals surface area (Å²) in [6.07, 6.45) is 5.23. The second kappa shape index (κ2) is 9.73. The molecule has 2 aromatic rings. The van der Waals surface area contributed by atoms with Gasteiger partial charge in [0.15, 0.2) is 0 Å². The van der Waals surface area contributed by atoms with Gasteiger partial charge in [0.05, 0.1) is 26.1 Å². The molecule has 0 N–H and O–H groups in total. The fourth-order valence-electron chi connectivity index (χ4n) is 3.09. The Morgan fingerprint density at radius 2 is 1.32 bits per heavy atom. The van der Waals surface area contributed by atoms with Crippen molar-refractivity contribution in [2.75, 3.05) is 26.1 Å². The summed E-state index contributed by atoms with van der Waals surface area (Å²) >= 11 is 0. The molecule has 150 valence electrons. The highest BCUT2D eigenvalue weighted by atomic mass is 32.2. The highest BCUT2D eigenvalue weighted by molar-refractivity contribution is 7.85. The molecule has 0 spiro atoms. The van der Waals surface area contributed by atoms with Gasteiger partial charge >= 0.3 is 0 Å². The van der Waals surface area contributed by atoms with E-state index in [2.05, 4.69) is 46.5 Å². The van der Waals surface area contributed by atoms with Crippen molar-refractivity contribution < 1.29 is 17.3 Å². The molecule has 7 heteroatoms. The number of hydrogen-bond acceptors (Lipinski definition) is 6. The highest BCUT2D eigenvalue weighted by Gasteiger charge is 2.26. The molecule has 0 saturated heterocycles. The summed E-state index contributed by atoms with van der Waals surface area (Å²) in [7, 11) is -3.44. The zero-order chi connectivity index (χ0) is 19.8. The third kappa shape index (κ3) is 6.37. The van der Waals surface area contributed by atoms with Gasteiger partial charge in [-0.3, -0.25) is 4.18 Å². The van der Waals surface area contributed by atoms with Crippen molar-refractivity contribution in [1.29, 1.82) is 0 Å². The maximum atomic E-state index is 11.1. The van der Waals surface area contributed by atoms with E-state index in [9.17, 15) is 8.42 Å². The van der Waals surface area contributed by atoms with Crippen LogP contribution in [0.2, 0.25) is 0 Å². The topological polar surface area (TPSA) is 59.1 Å². The van der Waals surface area contributed by atoms with Crippen molar-refractivity contribution in [3.63, 3.8) is 0 Å². The number of nitrogens with zero attached hydrogens (tertiary/aromatic N) is 2. The molecule has 0 saturated carbocycles. The van der Waals surface area contributed by atoms with Crippen LogP contribution < -0.4 is 0 Å². The summed E-state index contributed by atoms with van der Waals surface area (Å²) in [5.41, 5.74) is 2.44. The average Bonchev–Trinajstić information content (AvgIpc) is 3.03. The lowest BCUT2D eigenvalue weighted by Crippen LogP contribution is -2.41. The van der Waals surface area contributed by atoms with Crippen molar-refractivity contribution in [3.8, 4) is 0 Å². The number of rotatable bonds is 10. The third-order valence-corrected chi connectivity index (χ3v) is 5.02. The van der Waals surface area contributed by atoms with Crippen LogP contribution in [0.5, 0.6) is 0 Å². The van der Waals surface area contributed by atoms with E-state index < -0.39 is 10.1 Å². The zero-order valence-electron chi connectivity index (χ0n) is 16.0. The lowest BCUT2D eigenvalue weighted by molar-refractivity contribution is 0.0151. The predicted octanol–water partition coefficient (Wildman–Crippen LogP) is 2.79. The Balaban J connectivity index is 1.61. The standard InChI is InChI=1S/C21H26N2O4S/c1-28(24,25)27-15-14-26-18-21-22(16-19-8-4-2-5-9-19)12-13-23(21)17-20-10-6-3-7-11-20/h2-13,21H,14-18H2,1H3. The van der Waals surface area contributed by atoms with E-state index in [-0.39, 0.29) is 19.4 Å². The average molecular weight is 403 g/mol. The summed E-state index contributed by atoms with van der Waals surface area (Å²) < 4.78 is 32.6. The Labute approximate surface area is 167 Å². The van der Waals surface area contributed by atoms with Crippen LogP contribution in [0, 0.1) is 0 Å². The van der Waals surface area contributed by atoms with Crippen LogP contribution >= 0.6 is 0 Å². The van der Waals surface area contributed by atoms with Gasteiger partial charge in [0.1, 0.15) is 6.17 Å². The first-order valence-corrected chi connectivity index (χ1v) is 11.0. The predicted molar refractivity (Wildman–Crippen MR) is 109 cm³/mol. The lowest BCUT2D eigenvalue weighted by Gasteiger charge is -2.32. The SMILES string of the molecule is CS(=O)(=O)OCCOCC1N(Cc2ccccc2)C=CN1Cc1ccccc1. The lowest BCUT2D eigenvalue weighted by atomic mass is 10.2. The van der Waals surface area contributed by atoms with Crippen LogP contribution in [0.3, 0.4) is 0 Å². The summed E-state index contributed by atoms with van der Waals surface area (Å²) in [5.74, 6) is 0. The molecule has 0 fully saturated rings. The summed E-state index contributed by atoms with van der Waals surface area (Å²) in [6, 6.07) is 20.6. The van der Waals surface area contributed by atoms with Crippen LogP contribution in [-0.2, 0) is 32.1 Å². The normalized spacial score (nSPS) is 14.8. The molecule has 0 amide bonds.